The van der Waals surface area contributed by atoms with E-state index in [0.29, 0.717) is 42.7 Å². The van der Waals surface area contributed by atoms with Crippen LogP contribution in [0.1, 0.15) is 10.4 Å². The summed E-state index contributed by atoms with van der Waals surface area (Å²) in [5, 5.41) is 0.662. The zero-order valence-electron chi connectivity index (χ0n) is 14.6. The van der Waals surface area contributed by atoms with Gasteiger partial charge in [0.1, 0.15) is 0 Å². The van der Waals surface area contributed by atoms with E-state index in [-0.39, 0.29) is 5.91 Å². The number of amides is 1. The Balaban J connectivity index is 1.41. The molecule has 0 aliphatic carbocycles. The van der Waals surface area contributed by atoms with E-state index in [1.54, 1.807) is 24.7 Å². The van der Waals surface area contributed by atoms with Gasteiger partial charge in [-0.3, -0.25) is 9.78 Å². The number of anilines is 1. The number of aromatic nitrogens is 3. The number of hydrogen-bond donors (Lipinski definition) is 0. The third kappa shape index (κ3) is 3.90. The van der Waals surface area contributed by atoms with Gasteiger partial charge in [0.2, 0.25) is 5.95 Å². The third-order valence-electron chi connectivity index (χ3n) is 4.53. The molecular weight excluding hydrogens is 362 g/mol. The first kappa shape index (κ1) is 17.4. The average molecular weight is 380 g/mol. The van der Waals surface area contributed by atoms with Crippen molar-refractivity contribution in [2.45, 2.75) is 0 Å². The third-order valence-corrected chi connectivity index (χ3v) is 4.77. The van der Waals surface area contributed by atoms with Gasteiger partial charge in [0, 0.05) is 55.4 Å². The van der Waals surface area contributed by atoms with Crippen molar-refractivity contribution in [1.29, 1.82) is 0 Å². The second-order valence-electron chi connectivity index (χ2n) is 6.27. The van der Waals surface area contributed by atoms with Crippen molar-refractivity contribution in [1.82, 2.24) is 19.9 Å². The average Bonchev–Trinajstić information content (AvgIpc) is 2.74. The van der Waals surface area contributed by atoms with Gasteiger partial charge in [0.05, 0.1) is 11.3 Å². The number of rotatable bonds is 3. The fraction of sp³-hybridized carbons (Fsp3) is 0.200. The number of halogens is 1. The Morgan fingerprint density at radius 1 is 0.926 bits per heavy atom. The first-order chi connectivity index (χ1) is 13.2. The molecule has 6 nitrogen and oxygen atoms in total. The summed E-state index contributed by atoms with van der Waals surface area (Å²) in [6.45, 7) is 2.69. The van der Waals surface area contributed by atoms with Gasteiger partial charge in [-0.25, -0.2) is 9.97 Å². The van der Waals surface area contributed by atoms with Crippen molar-refractivity contribution in [2.75, 3.05) is 31.1 Å². The van der Waals surface area contributed by atoms with Crippen LogP contribution < -0.4 is 4.90 Å². The molecule has 0 saturated carbocycles. The van der Waals surface area contributed by atoms with E-state index in [1.807, 2.05) is 41.3 Å². The minimum atomic E-state index is -0.00576. The van der Waals surface area contributed by atoms with Crippen LogP contribution in [0.2, 0.25) is 5.02 Å². The Labute approximate surface area is 162 Å². The van der Waals surface area contributed by atoms with Gasteiger partial charge in [-0.05, 0) is 30.3 Å². The second kappa shape index (κ2) is 7.72. The number of nitrogens with zero attached hydrogens (tertiary/aromatic N) is 5. The van der Waals surface area contributed by atoms with Crippen LogP contribution in [0, 0.1) is 0 Å². The molecule has 0 N–H and O–H groups in total. The molecule has 1 aliphatic rings. The van der Waals surface area contributed by atoms with Gasteiger partial charge in [0.25, 0.3) is 5.91 Å². The molecule has 27 heavy (non-hydrogen) atoms. The van der Waals surface area contributed by atoms with Gasteiger partial charge in [-0.1, -0.05) is 23.7 Å². The highest BCUT2D eigenvalue weighted by atomic mass is 35.5. The summed E-state index contributed by atoms with van der Waals surface area (Å²) >= 11 is 6.03. The van der Waals surface area contributed by atoms with Crippen molar-refractivity contribution < 1.29 is 4.79 Å². The van der Waals surface area contributed by atoms with E-state index < -0.39 is 0 Å². The maximum Gasteiger partial charge on any atom is 0.255 e. The monoisotopic (exact) mass is 379 g/mol. The standard InChI is InChI=1S/C20H18ClN5O/c21-17-4-1-3-15(13-17)18-6-5-16(14-24-18)19(27)25-9-11-26(12-10-25)20-22-7-2-8-23-20/h1-8,13-14H,9-12H2. The quantitative estimate of drug-likeness (QED) is 0.699. The van der Waals surface area contributed by atoms with E-state index in [9.17, 15) is 4.79 Å². The zero-order valence-corrected chi connectivity index (χ0v) is 15.4. The molecule has 136 valence electrons. The van der Waals surface area contributed by atoms with Crippen molar-refractivity contribution in [3.05, 3.63) is 71.6 Å². The van der Waals surface area contributed by atoms with Crippen LogP contribution in [-0.4, -0.2) is 51.9 Å². The smallest absolute Gasteiger partial charge is 0.255 e. The van der Waals surface area contributed by atoms with Crippen LogP contribution in [0.15, 0.2) is 61.1 Å². The molecule has 0 bridgehead atoms. The van der Waals surface area contributed by atoms with Gasteiger partial charge in [-0.15, -0.1) is 0 Å². The summed E-state index contributed by atoms with van der Waals surface area (Å²) in [5.74, 6) is 0.700. The van der Waals surface area contributed by atoms with Gasteiger partial charge in [0.15, 0.2) is 0 Å². The maximum absolute atomic E-state index is 12.8. The molecule has 1 amide bonds. The van der Waals surface area contributed by atoms with Crippen LogP contribution in [0.4, 0.5) is 5.95 Å². The number of carbonyl (C=O) groups is 1. The number of pyridine rings is 1. The fourth-order valence-corrected chi connectivity index (χ4v) is 3.28. The lowest BCUT2D eigenvalue weighted by atomic mass is 10.1. The molecule has 0 radical (unpaired) electrons. The lowest BCUT2D eigenvalue weighted by molar-refractivity contribution is 0.0746. The lowest BCUT2D eigenvalue weighted by Crippen LogP contribution is -2.49. The number of piperazine rings is 1. The highest BCUT2D eigenvalue weighted by Gasteiger charge is 2.23. The molecule has 0 spiro atoms. The van der Waals surface area contributed by atoms with Crippen molar-refractivity contribution in [3.8, 4) is 11.3 Å². The second-order valence-corrected chi connectivity index (χ2v) is 6.71. The number of hydrogen-bond acceptors (Lipinski definition) is 5. The van der Waals surface area contributed by atoms with Gasteiger partial charge >= 0.3 is 0 Å². The molecule has 2 aromatic heterocycles. The molecule has 3 aromatic rings. The van der Waals surface area contributed by atoms with Gasteiger partial charge in [-0.2, -0.15) is 0 Å². The van der Waals surface area contributed by atoms with Crippen LogP contribution in [0.25, 0.3) is 11.3 Å². The van der Waals surface area contributed by atoms with Crippen molar-refractivity contribution >= 4 is 23.5 Å². The van der Waals surface area contributed by atoms with E-state index in [2.05, 4.69) is 19.9 Å². The van der Waals surface area contributed by atoms with Crippen LogP contribution >= 0.6 is 11.6 Å². The number of carbonyl (C=O) groups excluding carboxylic acids is 1. The van der Waals surface area contributed by atoms with E-state index in [4.69, 9.17) is 11.6 Å². The van der Waals surface area contributed by atoms with Crippen LogP contribution in [0.5, 0.6) is 0 Å². The van der Waals surface area contributed by atoms with Gasteiger partial charge < -0.3 is 9.80 Å². The molecule has 1 aliphatic heterocycles. The highest BCUT2D eigenvalue weighted by Crippen LogP contribution is 2.21. The van der Waals surface area contributed by atoms with Crippen molar-refractivity contribution in [2.24, 2.45) is 0 Å². The molecule has 0 atom stereocenters. The minimum absolute atomic E-state index is 0.00576. The molecular formula is C20H18ClN5O. The predicted molar refractivity (Wildman–Crippen MR) is 105 cm³/mol. The Morgan fingerprint density at radius 2 is 1.70 bits per heavy atom. The summed E-state index contributed by atoms with van der Waals surface area (Å²) in [5.41, 5.74) is 2.31. The molecule has 7 heteroatoms. The largest absolute Gasteiger partial charge is 0.337 e. The summed E-state index contributed by atoms with van der Waals surface area (Å²) < 4.78 is 0. The Hall–Kier alpha value is -2.99. The SMILES string of the molecule is O=C(c1ccc(-c2cccc(Cl)c2)nc1)N1CCN(c2ncccn2)CC1. The minimum Gasteiger partial charge on any atom is -0.337 e. The van der Waals surface area contributed by atoms with E-state index >= 15 is 0 Å². The van der Waals surface area contributed by atoms with Crippen LogP contribution in [0.3, 0.4) is 0 Å². The summed E-state index contributed by atoms with van der Waals surface area (Å²) in [6, 6.07) is 13.0. The predicted octanol–water partition coefficient (Wildman–Crippen LogP) is 3.15. The van der Waals surface area contributed by atoms with Crippen LogP contribution in [-0.2, 0) is 0 Å². The summed E-state index contributed by atoms with van der Waals surface area (Å²) in [4.78, 5) is 29.7. The van der Waals surface area contributed by atoms with Crippen molar-refractivity contribution in [3.63, 3.8) is 0 Å². The Kier molecular flexibility index (Phi) is 4.98. The molecule has 3 heterocycles. The first-order valence-corrected chi connectivity index (χ1v) is 9.12. The molecule has 0 unspecified atom stereocenters. The summed E-state index contributed by atoms with van der Waals surface area (Å²) in [7, 11) is 0. The topological polar surface area (TPSA) is 62.2 Å². The zero-order chi connectivity index (χ0) is 18.6. The molecule has 4 rings (SSSR count). The molecule has 1 aromatic carbocycles. The Bertz CT molecular complexity index is 925. The molecule has 1 saturated heterocycles. The Morgan fingerprint density at radius 3 is 2.37 bits per heavy atom. The number of benzene rings is 1. The fourth-order valence-electron chi connectivity index (χ4n) is 3.09. The first-order valence-electron chi connectivity index (χ1n) is 8.74. The normalized spacial score (nSPS) is 14.3. The van der Waals surface area contributed by atoms with E-state index in [1.165, 1.54) is 0 Å². The lowest BCUT2D eigenvalue weighted by Gasteiger charge is -2.34. The maximum atomic E-state index is 12.8. The molecule has 1 fully saturated rings. The summed E-state index contributed by atoms with van der Waals surface area (Å²) in [6.07, 6.45) is 5.09. The highest BCUT2D eigenvalue weighted by molar-refractivity contribution is 6.30. The van der Waals surface area contributed by atoms with E-state index in [0.717, 1.165) is 11.3 Å².